The van der Waals surface area contributed by atoms with Gasteiger partial charge in [-0.25, -0.2) is 4.79 Å². The number of amides is 1. The second kappa shape index (κ2) is 8.39. The summed E-state index contributed by atoms with van der Waals surface area (Å²) in [6.07, 6.45) is 1.70. The summed E-state index contributed by atoms with van der Waals surface area (Å²) in [5.41, 5.74) is 1.72. The zero-order valence-corrected chi connectivity index (χ0v) is 15.1. The molecule has 1 aromatic heterocycles. The molecule has 0 spiro atoms. The fraction of sp³-hybridized carbons (Fsp3) is 0.150. The standard InChI is InChI=1S/C20H16ClN3O3/c21-14-5-3-6-15(11-14)24(10-4-9-22)19(25)13-27-20(26)17-12-23-18-8-2-1-7-16(17)18/h1-3,5-8,11-12,23H,4,10,13H2. The third-order valence-corrected chi connectivity index (χ3v) is 4.24. The Morgan fingerprint density at radius 1 is 1.19 bits per heavy atom. The molecule has 0 aliphatic heterocycles. The lowest BCUT2D eigenvalue weighted by molar-refractivity contribution is -0.121. The number of aromatic nitrogens is 1. The first-order valence-electron chi connectivity index (χ1n) is 8.26. The van der Waals surface area contributed by atoms with Crippen LogP contribution >= 0.6 is 11.6 Å². The number of nitrogens with one attached hydrogen (secondary N) is 1. The van der Waals surface area contributed by atoms with E-state index in [1.165, 1.54) is 4.90 Å². The number of anilines is 1. The van der Waals surface area contributed by atoms with Gasteiger partial charge in [0.1, 0.15) is 0 Å². The summed E-state index contributed by atoms with van der Waals surface area (Å²) in [4.78, 5) is 29.3. The third-order valence-electron chi connectivity index (χ3n) is 4.00. The highest BCUT2D eigenvalue weighted by molar-refractivity contribution is 6.30. The average molecular weight is 382 g/mol. The molecule has 1 heterocycles. The van der Waals surface area contributed by atoms with Crippen LogP contribution in [0.1, 0.15) is 16.8 Å². The van der Waals surface area contributed by atoms with Crippen LogP contribution in [0.3, 0.4) is 0 Å². The number of nitriles is 1. The van der Waals surface area contributed by atoms with Gasteiger partial charge in [0, 0.05) is 34.4 Å². The topological polar surface area (TPSA) is 86.2 Å². The number of nitrogens with zero attached hydrogens (tertiary/aromatic N) is 2. The third kappa shape index (κ3) is 4.27. The maximum Gasteiger partial charge on any atom is 0.340 e. The van der Waals surface area contributed by atoms with Gasteiger partial charge < -0.3 is 14.6 Å². The van der Waals surface area contributed by atoms with E-state index in [0.29, 0.717) is 16.3 Å². The minimum Gasteiger partial charge on any atom is -0.452 e. The van der Waals surface area contributed by atoms with E-state index >= 15 is 0 Å². The van der Waals surface area contributed by atoms with E-state index in [4.69, 9.17) is 21.6 Å². The van der Waals surface area contributed by atoms with Crippen LogP contribution in [-0.2, 0) is 9.53 Å². The van der Waals surface area contributed by atoms with Crippen molar-refractivity contribution in [1.82, 2.24) is 4.98 Å². The average Bonchev–Trinajstić information content (AvgIpc) is 3.11. The molecular weight excluding hydrogens is 366 g/mol. The predicted octanol–water partition coefficient (Wildman–Crippen LogP) is 3.92. The first-order chi connectivity index (χ1) is 13.1. The van der Waals surface area contributed by atoms with Crippen LogP contribution in [0.4, 0.5) is 5.69 Å². The Hall–Kier alpha value is -3.30. The normalized spacial score (nSPS) is 10.4. The van der Waals surface area contributed by atoms with Crippen molar-refractivity contribution in [2.24, 2.45) is 0 Å². The molecule has 0 bridgehead atoms. The van der Waals surface area contributed by atoms with Gasteiger partial charge >= 0.3 is 5.97 Å². The molecule has 0 fully saturated rings. The molecule has 136 valence electrons. The Bertz CT molecular complexity index is 1020. The molecule has 0 aliphatic carbocycles. The largest absolute Gasteiger partial charge is 0.452 e. The summed E-state index contributed by atoms with van der Waals surface area (Å²) in [7, 11) is 0. The number of esters is 1. The van der Waals surface area contributed by atoms with E-state index < -0.39 is 18.5 Å². The number of hydrogen-bond donors (Lipinski definition) is 1. The van der Waals surface area contributed by atoms with Crippen molar-refractivity contribution in [3.8, 4) is 6.07 Å². The molecule has 0 atom stereocenters. The Morgan fingerprint density at radius 3 is 2.78 bits per heavy atom. The summed E-state index contributed by atoms with van der Waals surface area (Å²) in [6.45, 7) is -0.253. The van der Waals surface area contributed by atoms with Crippen LogP contribution in [0.25, 0.3) is 10.9 Å². The molecule has 27 heavy (non-hydrogen) atoms. The monoisotopic (exact) mass is 381 g/mol. The number of hydrogen-bond acceptors (Lipinski definition) is 4. The number of aromatic amines is 1. The van der Waals surface area contributed by atoms with Gasteiger partial charge in [-0.15, -0.1) is 0 Å². The fourth-order valence-electron chi connectivity index (χ4n) is 2.73. The molecule has 6 nitrogen and oxygen atoms in total. The summed E-state index contributed by atoms with van der Waals surface area (Å²) in [5, 5.41) is 10.0. The Kier molecular flexibility index (Phi) is 5.74. The van der Waals surface area contributed by atoms with Crippen LogP contribution in [0.5, 0.6) is 0 Å². The molecule has 0 radical (unpaired) electrons. The minimum absolute atomic E-state index is 0.147. The minimum atomic E-state index is -0.591. The molecule has 3 rings (SSSR count). The first-order valence-corrected chi connectivity index (χ1v) is 8.64. The highest BCUT2D eigenvalue weighted by Gasteiger charge is 2.19. The van der Waals surface area contributed by atoms with Gasteiger partial charge in [-0.1, -0.05) is 35.9 Å². The Labute approximate surface area is 160 Å². The van der Waals surface area contributed by atoms with Crippen molar-refractivity contribution in [3.05, 3.63) is 65.3 Å². The van der Waals surface area contributed by atoms with E-state index in [0.717, 1.165) is 10.9 Å². The van der Waals surface area contributed by atoms with Crippen LogP contribution in [0, 0.1) is 11.3 Å². The zero-order valence-electron chi connectivity index (χ0n) is 14.3. The number of fused-ring (bicyclic) bond motifs is 1. The summed E-state index contributed by atoms with van der Waals surface area (Å²) in [5.74, 6) is -1.02. The zero-order chi connectivity index (χ0) is 19.2. The molecule has 7 heteroatoms. The number of carbonyl (C=O) groups excluding carboxylic acids is 2. The Morgan fingerprint density at radius 2 is 2.00 bits per heavy atom. The number of para-hydroxylation sites is 1. The van der Waals surface area contributed by atoms with Crippen LogP contribution < -0.4 is 4.90 Å². The molecule has 0 saturated heterocycles. The van der Waals surface area contributed by atoms with Crippen LogP contribution in [0.15, 0.2) is 54.7 Å². The quantitative estimate of drug-likeness (QED) is 0.655. The van der Waals surface area contributed by atoms with Gasteiger partial charge in [0.05, 0.1) is 18.1 Å². The van der Waals surface area contributed by atoms with E-state index in [1.54, 1.807) is 36.5 Å². The number of benzene rings is 2. The molecule has 0 unspecified atom stereocenters. The lowest BCUT2D eigenvalue weighted by Crippen LogP contribution is -2.35. The number of carbonyl (C=O) groups is 2. The molecular formula is C20H16ClN3O3. The molecule has 0 aliphatic rings. The van der Waals surface area contributed by atoms with Gasteiger partial charge in [0.25, 0.3) is 5.91 Å². The van der Waals surface area contributed by atoms with Gasteiger partial charge in [0.2, 0.25) is 0 Å². The van der Waals surface area contributed by atoms with E-state index in [1.807, 2.05) is 24.3 Å². The van der Waals surface area contributed by atoms with Crippen molar-refractivity contribution in [2.75, 3.05) is 18.1 Å². The summed E-state index contributed by atoms with van der Waals surface area (Å²) >= 11 is 5.99. The van der Waals surface area contributed by atoms with E-state index in [-0.39, 0.29) is 13.0 Å². The lowest BCUT2D eigenvalue weighted by Gasteiger charge is -2.21. The number of rotatable bonds is 6. The number of H-pyrrole nitrogens is 1. The second-order valence-corrected chi connectivity index (χ2v) is 6.19. The SMILES string of the molecule is N#CCCN(C(=O)COC(=O)c1c[nH]c2ccccc12)c1cccc(Cl)c1. The van der Waals surface area contributed by atoms with Crippen molar-refractivity contribution >= 4 is 40.1 Å². The van der Waals surface area contributed by atoms with Gasteiger partial charge in [-0.05, 0) is 24.3 Å². The smallest absolute Gasteiger partial charge is 0.340 e. The van der Waals surface area contributed by atoms with Crippen molar-refractivity contribution < 1.29 is 14.3 Å². The molecule has 1 amide bonds. The highest BCUT2D eigenvalue weighted by atomic mass is 35.5. The molecule has 3 aromatic rings. The van der Waals surface area contributed by atoms with E-state index in [2.05, 4.69) is 4.98 Å². The predicted molar refractivity (Wildman–Crippen MR) is 103 cm³/mol. The van der Waals surface area contributed by atoms with Crippen molar-refractivity contribution in [1.29, 1.82) is 5.26 Å². The van der Waals surface area contributed by atoms with E-state index in [9.17, 15) is 9.59 Å². The number of ether oxygens (including phenoxy) is 1. The fourth-order valence-corrected chi connectivity index (χ4v) is 2.91. The lowest BCUT2D eigenvalue weighted by atomic mass is 10.2. The maximum absolute atomic E-state index is 12.6. The summed E-state index contributed by atoms with van der Waals surface area (Å²) in [6, 6.07) is 16.1. The molecule has 2 aromatic carbocycles. The maximum atomic E-state index is 12.6. The van der Waals surface area contributed by atoms with Crippen LogP contribution in [0.2, 0.25) is 5.02 Å². The second-order valence-electron chi connectivity index (χ2n) is 5.76. The number of halogens is 1. The van der Waals surface area contributed by atoms with Gasteiger partial charge in [-0.2, -0.15) is 5.26 Å². The molecule has 0 saturated carbocycles. The molecule has 1 N–H and O–H groups in total. The van der Waals surface area contributed by atoms with Gasteiger partial charge in [-0.3, -0.25) is 4.79 Å². The van der Waals surface area contributed by atoms with Crippen LogP contribution in [-0.4, -0.2) is 30.0 Å². The summed E-state index contributed by atoms with van der Waals surface area (Å²) < 4.78 is 5.20. The van der Waals surface area contributed by atoms with Crippen molar-refractivity contribution in [2.45, 2.75) is 6.42 Å². The first kappa shape index (κ1) is 18.5. The Balaban J connectivity index is 1.72. The highest BCUT2D eigenvalue weighted by Crippen LogP contribution is 2.21. The van der Waals surface area contributed by atoms with Crippen molar-refractivity contribution in [3.63, 3.8) is 0 Å². The van der Waals surface area contributed by atoms with Gasteiger partial charge in [0.15, 0.2) is 6.61 Å².